The number of hydrogen-bond acceptors (Lipinski definition) is 4. The zero-order valence-corrected chi connectivity index (χ0v) is 16.3. The first-order valence-electron chi connectivity index (χ1n) is 9.11. The Morgan fingerprint density at radius 3 is 2.43 bits per heavy atom. The summed E-state index contributed by atoms with van der Waals surface area (Å²) in [4.78, 5) is 17.4. The lowest BCUT2D eigenvalue weighted by Gasteiger charge is -2.22. The van der Waals surface area contributed by atoms with Crippen molar-refractivity contribution in [3.8, 4) is 5.75 Å². The fraction of sp³-hybridized carbons (Fsp3) is 0.217. The van der Waals surface area contributed by atoms with Crippen molar-refractivity contribution in [1.29, 1.82) is 0 Å². The molecule has 0 unspecified atom stereocenters. The van der Waals surface area contributed by atoms with Crippen LogP contribution in [0.25, 0.3) is 10.8 Å². The minimum atomic E-state index is -1.20. The van der Waals surface area contributed by atoms with Crippen molar-refractivity contribution in [2.45, 2.75) is 32.8 Å². The van der Waals surface area contributed by atoms with Crippen molar-refractivity contribution < 1.29 is 14.4 Å². The van der Waals surface area contributed by atoms with Gasteiger partial charge in [-0.25, -0.2) is 4.79 Å². The molecule has 144 valence electrons. The van der Waals surface area contributed by atoms with Crippen molar-refractivity contribution >= 4 is 22.6 Å². The Labute approximate surface area is 164 Å². The molecular formula is C23H24N2O3. The van der Waals surface area contributed by atoms with Crippen LogP contribution in [0.1, 0.15) is 25.0 Å². The normalized spacial score (nSPS) is 12.0. The number of aryl methyl sites for hydroxylation is 1. The van der Waals surface area contributed by atoms with Gasteiger partial charge in [-0.2, -0.15) is 0 Å². The number of ether oxygens (including phenoxy) is 1. The molecule has 0 radical (unpaired) electrons. The van der Waals surface area contributed by atoms with Gasteiger partial charge in [-0.3, -0.25) is 0 Å². The van der Waals surface area contributed by atoms with Gasteiger partial charge in [0, 0.05) is 6.42 Å². The van der Waals surface area contributed by atoms with Gasteiger partial charge in [0.1, 0.15) is 11.6 Å². The standard InChI is InChI=1S/C23H24N2O3/c1-16-11-13-19(14-12-16)27-23(2,3)22(26)28-25-21(24)15-18-9-6-8-17-7-4-5-10-20(17)18/h4-14H,15H2,1-3H3,(H2,24,25). The molecule has 5 heteroatoms. The van der Waals surface area contributed by atoms with E-state index in [4.69, 9.17) is 15.3 Å². The van der Waals surface area contributed by atoms with Crippen LogP contribution in [-0.2, 0) is 16.1 Å². The van der Waals surface area contributed by atoms with Gasteiger partial charge >= 0.3 is 5.97 Å². The quantitative estimate of drug-likeness (QED) is 0.300. The second-order valence-electron chi connectivity index (χ2n) is 7.20. The van der Waals surface area contributed by atoms with Crippen LogP contribution >= 0.6 is 0 Å². The van der Waals surface area contributed by atoms with Crippen LogP contribution in [0.2, 0.25) is 0 Å². The molecule has 28 heavy (non-hydrogen) atoms. The molecule has 0 amide bonds. The highest BCUT2D eigenvalue weighted by molar-refractivity contribution is 5.91. The fourth-order valence-electron chi connectivity index (χ4n) is 2.83. The summed E-state index contributed by atoms with van der Waals surface area (Å²) in [6, 6.07) is 21.5. The van der Waals surface area contributed by atoms with E-state index in [0.29, 0.717) is 12.2 Å². The summed E-state index contributed by atoms with van der Waals surface area (Å²) in [5.41, 5.74) is 6.92. The summed E-state index contributed by atoms with van der Waals surface area (Å²) in [6.45, 7) is 5.24. The molecule has 0 heterocycles. The van der Waals surface area contributed by atoms with E-state index in [0.717, 1.165) is 21.9 Å². The Kier molecular flexibility index (Phi) is 5.64. The Morgan fingerprint density at radius 1 is 1.00 bits per heavy atom. The monoisotopic (exact) mass is 376 g/mol. The number of nitrogens with zero attached hydrogens (tertiary/aromatic N) is 1. The number of rotatable bonds is 6. The minimum absolute atomic E-state index is 0.218. The highest BCUT2D eigenvalue weighted by Gasteiger charge is 2.32. The van der Waals surface area contributed by atoms with E-state index < -0.39 is 11.6 Å². The van der Waals surface area contributed by atoms with Crippen LogP contribution in [0, 0.1) is 6.92 Å². The third-order valence-corrected chi connectivity index (χ3v) is 4.38. The van der Waals surface area contributed by atoms with E-state index in [-0.39, 0.29) is 5.84 Å². The Bertz CT molecular complexity index is 1000. The van der Waals surface area contributed by atoms with Crippen molar-refractivity contribution in [2.24, 2.45) is 10.9 Å². The lowest BCUT2D eigenvalue weighted by Crippen LogP contribution is -2.39. The van der Waals surface area contributed by atoms with E-state index in [9.17, 15) is 4.79 Å². The Morgan fingerprint density at radius 2 is 1.68 bits per heavy atom. The van der Waals surface area contributed by atoms with Crippen LogP contribution in [-0.4, -0.2) is 17.4 Å². The maximum absolute atomic E-state index is 12.4. The van der Waals surface area contributed by atoms with Crippen molar-refractivity contribution in [3.63, 3.8) is 0 Å². The first-order chi connectivity index (χ1) is 13.3. The molecule has 0 aliphatic carbocycles. The molecule has 2 N–H and O–H groups in total. The largest absolute Gasteiger partial charge is 0.476 e. The molecule has 0 fully saturated rings. The SMILES string of the molecule is Cc1ccc(OC(C)(C)C(=O)O/N=C(\N)Cc2cccc3ccccc23)cc1. The van der Waals surface area contributed by atoms with Crippen LogP contribution in [0.3, 0.4) is 0 Å². The zero-order valence-electron chi connectivity index (χ0n) is 16.3. The number of fused-ring (bicyclic) bond motifs is 1. The van der Waals surface area contributed by atoms with E-state index in [1.165, 1.54) is 0 Å². The molecule has 0 aromatic heterocycles. The molecule has 5 nitrogen and oxygen atoms in total. The van der Waals surface area contributed by atoms with E-state index >= 15 is 0 Å². The van der Waals surface area contributed by atoms with Gasteiger partial charge < -0.3 is 15.3 Å². The fourth-order valence-corrected chi connectivity index (χ4v) is 2.83. The van der Waals surface area contributed by atoms with Gasteiger partial charge in [0.2, 0.25) is 5.60 Å². The topological polar surface area (TPSA) is 73.9 Å². The first-order valence-corrected chi connectivity index (χ1v) is 9.11. The van der Waals surface area contributed by atoms with Crippen molar-refractivity contribution in [3.05, 3.63) is 77.9 Å². The molecule has 0 saturated carbocycles. The predicted molar refractivity (Wildman–Crippen MR) is 111 cm³/mol. The molecule has 3 aromatic carbocycles. The number of carbonyl (C=O) groups is 1. The van der Waals surface area contributed by atoms with E-state index in [2.05, 4.69) is 5.16 Å². The Balaban J connectivity index is 1.66. The highest BCUT2D eigenvalue weighted by atomic mass is 16.7. The summed E-state index contributed by atoms with van der Waals surface area (Å²) in [5.74, 6) is 0.185. The maximum atomic E-state index is 12.4. The number of hydrogen-bond donors (Lipinski definition) is 1. The predicted octanol–water partition coefficient (Wildman–Crippen LogP) is 4.36. The summed E-state index contributed by atoms with van der Waals surface area (Å²) >= 11 is 0. The molecule has 0 atom stereocenters. The highest BCUT2D eigenvalue weighted by Crippen LogP contribution is 2.21. The average molecular weight is 376 g/mol. The zero-order chi connectivity index (χ0) is 20.1. The van der Waals surface area contributed by atoms with Gasteiger partial charge in [-0.1, -0.05) is 65.3 Å². The summed E-state index contributed by atoms with van der Waals surface area (Å²) in [7, 11) is 0. The Hall–Kier alpha value is -3.34. The van der Waals surface area contributed by atoms with Gasteiger partial charge in [-0.05, 0) is 49.2 Å². The molecule has 0 saturated heterocycles. The molecule has 0 spiro atoms. The third kappa shape index (κ3) is 4.68. The van der Waals surface area contributed by atoms with E-state index in [1.54, 1.807) is 13.8 Å². The second kappa shape index (κ2) is 8.13. The molecule has 0 aliphatic heterocycles. The summed E-state index contributed by atoms with van der Waals surface area (Å²) < 4.78 is 5.74. The maximum Gasteiger partial charge on any atom is 0.377 e. The van der Waals surface area contributed by atoms with Gasteiger partial charge in [0.15, 0.2) is 0 Å². The van der Waals surface area contributed by atoms with Gasteiger partial charge in [-0.15, -0.1) is 0 Å². The molecule has 0 bridgehead atoms. The average Bonchev–Trinajstić information content (AvgIpc) is 2.68. The number of carbonyl (C=O) groups excluding carboxylic acids is 1. The molecular weight excluding hydrogens is 352 g/mol. The molecule has 0 aliphatic rings. The van der Waals surface area contributed by atoms with Crippen LogP contribution in [0.5, 0.6) is 5.75 Å². The second-order valence-corrected chi connectivity index (χ2v) is 7.20. The van der Waals surface area contributed by atoms with Crippen LogP contribution in [0.15, 0.2) is 71.9 Å². The van der Waals surface area contributed by atoms with Crippen molar-refractivity contribution in [1.82, 2.24) is 0 Å². The number of amidine groups is 1. The summed E-state index contributed by atoms with van der Waals surface area (Å²) in [5, 5.41) is 6.03. The van der Waals surface area contributed by atoms with Crippen LogP contribution in [0.4, 0.5) is 0 Å². The molecule has 3 aromatic rings. The van der Waals surface area contributed by atoms with Crippen LogP contribution < -0.4 is 10.5 Å². The van der Waals surface area contributed by atoms with Crippen molar-refractivity contribution in [2.75, 3.05) is 0 Å². The number of benzene rings is 3. The number of oxime groups is 1. The summed E-state index contributed by atoms with van der Waals surface area (Å²) in [6.07, 6.45) is 0.383. The van der Waals surface area contributed by atoms with Gasteiger partial charge in [0.25, 0.3) is 0 Å². The lowest BCUT2D eigenvalue weighted by molar-refractivity contribution is -0.159. The molecule has 3 rings (SSSR count). The number of nitrogens with two attached hydrogens (primary N) is 1. The smallest absolute Gasteiger partial charge is 0.377 e. The first kappa shape index (κ1) is 19.4. The van der Waals surface area contributed by atoms with E-state index in [1.807, 2.05) is 73.7 Å². The third-order valence-electron chi connectivity index (χ3n) is 4.38. The minimum Gasteiger partial charge on any atom is -0.476 e. The lowest BCUT2D eigenvalue weighted by atomic mass is 10.0. The van der Waals surface area contributed by atoms with Gasteiger partial charge in [0.05, 0.1) is 0 Å².